The molecule has 98 valence electrons. The van der Waals surface area contributed by atoms with Gasteiger partial charge >= 0.3 is 0 Å². The molecule has 7 nitrogen and oxygen atoms in total. The smallest absolute Gasteiger partial charge is 0.244 e. The molecule has 1 atom stereocenters. The zero-order chi connectivity index (χ0) is 12.9. The van der Waals surface area contributed by atoms with Gasteiger partial charge in [-0.05, 0) is 25.8 Å². The van der Waals surface area contributed by atoms with Gasteiger partial charge in [0, 0.05) is 6.42 Å². The molecule has 17 heavy (non-hydrogen) atoms. The van der Waals surface area contributed by atoms with E-state index >= 15 is 0 Å². The van der Waals surface area contributed by atoms with E-state index in [9.17, 15) is 18.0 Å². The summed E-state index contributed by atoms with van der Waals surface area (Å²) in [5.41, 5.74) is 5.26. The molecule has 8 heteroatoms. The third-order valence-electron chi connectivity index (χ3n) is 2.43. The van der Waals surface area contributed by atoms with E-state index in [0.29, 0.717) is 19.4 Å². The highest BCUT2D eigenvalue weighted by Crippen LogP contribution is 2.06. The van der Waals surface area contributed by atoms with Crippen molar-refractivity contribution in [3.05, 3.63) is 0 Å². The fourth-order valence-electron chi connectivity index (χ4n) is 1.52. The highest BCUT2D eigenvalue weighted by Gasteiger charge is 2.29. The van der Waals surface area contributed by atoms with Crippen molar-refractivity contribution in [3.63, 3.8) is 0 Å². The summed E-state index contributed by atoms with van der Waals surface area (Å²) in [6.07, 6.45) is 1.44. The van der Waals surface area contributed by atoms with Crippen molar-refractivity contribution in [2.24, 2.45) is 5.73 Å². The molecule has 0 spiro atoms. The minimum atomic E-state index is -3.48. The number of nitrogens with one attached hydrogen (secondary N) is 2. The maximum Gasteiger partial charge on any atom is 0.244 e. The van der Waals surface area contributed by atoms with Crippen LogP contribution in [0.4, 0.5) is 0 Å². The highest BCUT2D eigenvalue weighted by molar-refractivity contribution is 7.89. The lowest BCUT2D eigenvalue weighted by Crippen LogP contribution is -2.52. The maximum absolute atomic E-state index is 11.6. The number of hydrogen-bond acceptors (Lipinski definition) is 5. The summed E-state index contributed by atoms with van der Waals surface area (Å²) in [6, 6.07) is -0.837. The Kier molecular flexibility index (Phi) is 5.03. The average molecular weight is 263 g/mol. The van der Waals surface area contributed by atoms with Crippen molar-refractivity contribution in [2.75, 3.05) is 12.3 Å². The van der Waals surface area contributed by atoms with Crippen LogP contribution in [0.25, 0.3) is 0 Å². The molecule has 1 fully saturated rings. The van der Waals surface area contributed by atoms with E-state index in [0.717, 1.165) is 0 Å². The predicted octanol–water partition coefficient (Wildman–Crippen LogP) is -1.55. The Balaban J connectivity index is 2.47. The van der Waals surface area contributed by atoms with Crippen LogP contribution in [0.2, 0.25) is 0 Å². The number of amides is 2. The van der Waals surface area contributed by atoms with Gasteiger partial charge in [0.15, 0.2) is 0 Å². The van der Waals surface area contributed by atoms with Crippen molar-refractivity contribution in [1.29, 1.82) is 0 Å². The monoisotopic (exact) mass is 263 g/mol. The SMILES string of the molecule is NCCCCS(=O)(=O)NC1CCC(=O)NC1=O. The van der Waals surface area contributed by atoms with Gasteiger partial charge in [-0.1, -0.05) is 0 Å². The second-order valence-electron chi connectivity index (χ2n) is 3.94. The lowest BCUT2D eigenvalue weighted by molar-refractivity contribution is -0.134. The van der Waals surface area contributed by atoms with Gasteiger partial charge in [0.25, 0.3) is 0 Å². The van der Waals surface area contributed by atoms with Crippen molar-refractivity contribution < 1.29 is 18.0 Å². The summed E-state index contributed by atoms with van der Waals surface area (Å²) in [6.45, 7) is 0.438. The Morgan fingerprint density at radius 2 is 2.06 bits per heavy atom. The van der Waals surface area contributed by atoms with Crippen molar-refractivity contribution in [1.82, 2.24) is 10.0 Å². The van der Waals surface area contributed by atoms with Crippen molar-refractivity contribution in [2.45, 2.75) is 31.7 Å². The third-order valence-corrected chi connectivity index (χ3v) is 3.90. The molecule has 1 aliphatic rings. The summed E-state index contributed by atoms with van der Waals surface area (Å²) in [4.78, 5) is 22.2. The summed E-state index contributed by atoms with van der Waals surface area (Å²) >= 11 is 0. The first kappa shape index (κ1) is 14.1. The normalized spacial score (nSPS) is 21.4. The van der Waals surface area contributed by atoms with Gasteiger partial charge < -0.3 is 5.73 Å². The third kappa shape index (κ3) is 4.80. The van der Waals surface area contributed by atoms with Gasteiger partial charge in [-0.3, -0.25) is 14.9 Å². The minimum absolute atomic E-state index is 0.0536. The first-order valence-corrected chi connectivity index (χ1v) is 7.13. The molecule has 0 bridgehead atoms. The molecule has 1 saturated heterocycles. The van der Waals surface area contributed by atoms with Crippen molar-refractivity contribution >= 4 is 21.8 Å². The molecule has 0 aromatic rings. The van der Waals surface area contributed by atoms with Crippen LogP contribution in [0.3, 0.4) is 0 Å². The lowest BCUT2D eigenvalue weighted by Gasteiger charge is -2.21. The minimum Gasteiger partial charge on any atom is -0.330 e. The van der Waals surface area contributed by atoms with Gasteiger partial charge in [-0.15, -0.1) is 0 Å². The number of rotatable bonds is 6. The van der Waals surface area contributed by atoms with E-state index in [1.807, 2.05) is 0 Å². The van der Waals surface area contributed by atoms with E-state index in [4.69, 9.17) is 5.73 Å². The Morgan fingerprint density at radius 3 is 2.65 bits per heavy atom. The molecule has 0 aliphatic carbocycles. The molecule has 2 amide bonds. The Morgan fingerprint density at radius 1 is 1.35 bits per heavy atom. The Bertz CT molecular complexity index is 393. The number of unbranched alkanes of at least 4 members (excludes halogenated alkanes) is 1. The topological polar surface area (TPSA) is 118 Å². The van der Waals surface area contributed by atoms with Crippen molar-refractivity contribution in [3.8, 4) is 0 Å². The molecule has 1 rings (SSSR count). The van der Waals surface area contributed by atoms with E-state index < -0.39 is 22.0 Å². The fourth-order valence-corrected chi connectivity index (χ4v) is 2.88. The van der Waals surface area contributed by atoms with Gasteiger partial charge in [-0.25, -0.2) is 13.1 Å². The second-order valence-corrected chi connectivity index (χ2v) is 5.81. The molecular formula is C9H17N3O4S. The lowest BCUT2D eigenvalue weighted by atomic mass is 10.1. The number of sulfonamides is 1. The number of nitrogens with two attached hydrogens (primary N) is 1. The number of imide groups is 1. The molecule has 1 heterocycles. The average Bonchev–Trinajstić information content (AvgIpc) is 2.22. The first-order valence-electron chi connectivity index (χ1n) is 5.48. The van der Waals surface area contributed by atoms with Crippen LogP contribution >= 0.6 is 0 Å². The number of carbonyl (C=O) groups excluding carboxylic acids is 2. The zero-order valence-electron chi connectivity index (χ0n) is 9.44. The number of carbonyl (C=O) groups is 2. The molecule has 4 N–H and O–H groups in total. The summed E-state index contributed by atoms with van der Waals surface area (Å²) in [5.74, 6) is -1.00. The van der Waals surface area contributed by atoms with Gasteiger partial charge in [-0.2, -0.15) is 0 Å². The van der Waals surface area contributed by atoms with E-state index in [2.05, 4.69) is 10.0 Å². The quantitative estimate of drug-likeness (QED) is 0.396. The van der Waals surface area contributed by atoms with Gasteiger partial charge in [0.05, 0.1) is 5.75 Å². The van der Waals surface area contributed by atoms with E-state index in [-0.39, 0.29) is 24.5 Å². The number of hydrogen-bond donors (Lipinski definition) is 3. The van der Waals surface area contributed by atoms with Crippen LogP contribution in [-0.2, 0) is 19.6 Å². The zero-order valence-corrected chi connectivity index (χ0v) is 10.3. The second kappa shape index (κ2) is 6.08. The molecule has 0 saturated carbocycles. The summed E-state index contributed by atoms with van der Waals surface area (Å²) in [7, 11) is -3.48. The largest absolute Gasteiger partial charge is 0.330 e. The predicted molar refractivity (Wildman–Crippen MR) is 61.4 cm³/mol. The Hall–Kier alpha value is -0.990. The van der Waals surface area contributed by atoms with Crippen LogP contribution in [0.15, 0.2) is 0 Å². The highest BCUT2D eigenvalue weighted by atomic mass is 32.2. The van der Waals surface area contributed by atoms with E-state index in [1.165, 1.54) is 0 Å². The molecule has 0 aromatic heterocycles. The molecule has 0 radical (unpaired) electrons. The molecule has 0 aromatic carbocycles. The van der Waals surface area contributed by atoms with Crippen LogP contribution in [0, 0.1) is 0 Å². The standard InChI is InChI=1S/C9H17N3O4S/c10-5-1-2-6-17(15,16)12-7-3-4-8(13)11-9(7)14/h7,12H,1-6,10H2,(H,11,13,14). The van der Waals surface area contributed by atoms with Gasteiger partial charge in [0.1, 0.15) is 6.04 Å². The first-order chi connectivity index (χ1) is 7.94. The Labute approximate surface area is 100 Å². The number of piperidine rings is 1. The summed E-state index contributed by atoms with van der Waals surface area (Å²) < 4.78 is 25.5. The summed E-state index contributed by atoms with van der Waals surface area (Å²) in [5, 5.41) is 2.09. The van der Waals surface area contributed by atoms with Crippen LogP contribution in [-0.4, -0.2) is 38.6 Å². The van der Waals surface area contributed by atoms with Gasteiger partial charge in [0.2, 0.25) is 21.8 Å². The molecule has 1 unspecified atom stereocenters. The van der Waals surface area contributed by atoms with Crippen LogP contribution in [0.5, 0.6) is 0 Å². The maximum atomic E-state index is 11.6. The molecule has 1 aliphatic heterocycles. The fraction of sp³-hybridized carbons (Fsp3) is 0.778. The van der Waals surface area contributed by atoms with Crippen LogP contribution < -0.4 is 15.8 Å². The molecular weight excluding hydrogens is 246 g/mol. The van der Waals surface area contributed by atoms with E-state index in [1.54, 1.807) is 0 Å². The van der Waals surface area contributed by atoms with Crippen LogP contribution in [0.1, 0.15) is 25.7 Å².